The second kappa shape index (κ2) is 7.35. The fourth-order valence-electron chi connectivity index (χ4n) is 6.26. The van der Waals surface area contributed by atoms with Crippen molar-refractivity contribution in [2.45, 2.75) is 31.6 Å². The highest BCUT2D eigenvalue weighted by atomic mass is 16.7. The number of carbonyl (C=O) groups is 2. The molecule has 2 N–H and O–H groups in total. The van der Waals surface area contributed by atoms with E-state index in [0.717, 1.165) is 47.7 Å². The number of likely N-dealkylation sites (tertiary alicyclic amines) is 1. The summed E-state index contributed by atoms with van der Waals surface area (Å²) in [5, 5.41) is 6.31. The molecule has 0 aliphatic carbocycles. The summed E-state index contributed by atoms with van der Waals surface area (Å²) in [5.41, 5.74) is 8.56. The van der Waals surface area contributed by atoms with Crippen molar-refractivity contribution in [3.05, 3.63) is 47.5 Å². The predicted molar refractivity (Wildman–Crippen MR) is 128 cm³/mol. The highest BCUT2D eigenvalue weighted by Crippen LogP contribution is 2.56. The number of nitrogens with one attached hydrogen (secondary N) is 2. The van der Waals surface area contributed by atoms with Crippen LogP contribution in [-0.4, -0.2) is 49.0 Å². The molecular formula is C25H26N6O4. The van der Waals surface area contributed by atoms with E-state index >= 15 is 0 Å². The normalized spacial score (nSPS) is 25.9. The van der Waals surface area contributed by atoms with Crippen LogP contribution in [0, 0.1) is 5.92 Å². The molecule has 2 aromatic rings. The first kappa shape index (κ1) is 20.6. The number of nitrogens with zero attached hydrogens (tertiary/aromatic N) is 4. The van der Waals surface area contributed by atoms with Gasteiger partial charge in [0.25, 0.3) is 0 Å². The van der Waals surface area contributed by atoms with E-state index in [1.807, 2.05) is 45.1 Å². The Labute approximate surface area is 202 Å². The van der Waals surface area contributed by atoms with E-state index in [2.05, 4.69) is 22.2 Å². The summed E-state index contributed by atoms with van der Waals surface area (Å²) in [6.07, 6.45) is 2.36. The number of piperidine rings is 1. The number of benzene rings is 2. The van der Waals surface area contributed by atoms with Crippen molar-refractivity contribution < 1.29 is 19.1 Å². The number of hydrazine groups is 2. The van der Waals surface area contributed by atoms with Crippen LogP contribution in [0.3, 0.4) is 0 Å². The van der Waals surface area contributed by atoms with E-state index in [9.17, 15) is 9.59 Å². The lowest BCUT2D eigenvalue weighted by Gasteiger charge is -2.39. The van der Waals surface area contributed by atoms with E-state index < -0.39 is 5.41 Å². The van der Waals surface area contributed by atoms with Crippen LogP contribution in [-0.2, 0) is 15.0 Å². The summed E-state index contributed by atoms with van der Waals surface area (Å²) in [4.78, 5) is 30.4. The molecule has 0 bridgehead atoms. The molecule has 10 heteroatoms. The number of para-hydroxylation sites is 1. The monoisotopic (exact) mass is 474 g/mol. The first-order chi connectivity index (χ1) is 17.1. The highest BCUT2D eigenvalue weighted by molar-refractivity contribution is 6.17. The Bertz CT molecular complexity index is 1290. The zero-order chi connectivity index (χ0) is 23.7. The highest BCUT2D eigenvalue weighted by Gasteiger charge is 2.58. The molecule has 2 unspecified atom stereocenters. The van der Waals surface area contributed by atoms with E-state index in [1.54, 1.807) is 6.92 Å². The van der Waals surface area contributed by atoms with Gasteiger partial charge >= 0.3 is 0 Å². The second-order valence-electron chi connectivity index (χ2n) is 9.80. The van der Waals surface area contributed by atoms with Gasteiger partial charge < -0.3 is 19.3 Å². The lowest BCUT2D eigenvalue weighted by atomic mass is 9.69. The van der Waals surface area contributed by atoms with Gasteiger partial charge in [-0.25, -0.2) is 10.5 Å². The number of fused-ring (bicyclic) bond motifs is 7. The standard InChI is InChI=1S/C25H26N6O4/c1-15(32)29-8-4-5-16(12-29)13-30-19-7-3-2-6-17(19)25(24(30)33)11-23-26-27-28-31(23)20-10-22-21(9-18(20)25)34-14-35-22/h2-3,6-7,9-10,16,27-28H,4-5,8,11-14H2,1H3. The molecule has 2 aromatic carbocycles. The maximum atomic E-state index is 14.5. The predicted octanol–water partition coefficient (Wildman–Crippen LogP) is 1.85. The third-order valence-electron chi connectivity index (χ3n) is 7.89. The number of amidine groups is 1. The lowest BCUT2D eigenvalue weighted by Crippen LogP contribution is -2.53. The minimum Gasteiger partial charge on any atom is -0.454 e. The van der Waals surface area contributed by atoms with E-state index in [1.165, 1.54) is 0 Å². The zero-order valence-electron chi connectivity index (χ0n) is 19.4. The average Bonchev–Trinajstić information content (AvgIpc) is 3.58. The van der Waals surface area contributed by atoms with Gasteiger partial charge in [-0.3, -0.25) is 9.59 Å². The van der Waals surface area contributed by atoms with Crippen LogP contribution >= 0.6 is 0 Å². The summed E-state index contributed by atoms with van der Waals surface area (Å²) in [6.45, 7) is 3.82. The molecule has 5 aliphatic heterocycles. The Morgan fingerprint density at radius 1 is 1.17 bits per heavy atom. The maximum Gasteiger partial charge on any atom is 0.242 e. The summed E-state index contributed by atoms with van der Waals surface area (Å²) in [5.74, 6) is 2.38. The number of carbonyl (C=O) groups excluding carboxylic acids is 2. The zero-order valence-corrected chi connectivity index (χ0v) is 19.4. The molecule has 1 spiro atoms. The molecule has 1 saturated heterocycles. The minimum absolute atomic E-state index is 0.0352. The first-order valence-corrected chi connectivity index (χ1v) is 12.0. The molecule has 10 nitrogen and oxygen atoms in total. The van der Waals surface area contributed by atoms with Crippen molar-refractivity contribution in [2.75, 3.05) is 36.3 Å². The van der Waals surface area contributed by atoms with Gasteiger partial charge in [0.15, 0.2) is 11.5 Å². The minimum atomic E-state index is -0.926. The van der Waals surface area contributed by atoms with Gasteiger partial charge in [-0.15, -0.1) is 10.6 Å². The summed E-state index contributed by atoms with van der Waals surface area (Å²) >= 11 is 0. The van der Waals surface area contributed by atoms with Crippen LogP contribution in [0.25, 0.3) is 0 Å². The third-order valence-corrected chi connectivity index (χ3v) is 7.89. The van der Waals surface area contributed by atoms with Gasteiger partial charge in [0.05, 0.1) is 5.69 Å². The van der Waals surface area contributed by atoms with Gasteiger partial charge in [-0.05, 0) is 36.5 Å². The van der Waals surface area contributed by atoms with Gasteiger partial charge in [-0.1, -0.05) is 18.2 Å². The van der Waals surface area contributed by atoms with Crippen LogP contribution in [0.1, 0.15) is 37.3 Å². The fraction of sp³-hybridized carbons (Fsp3) is 0.400. The largest absolute Gasteiger partial charge is 0.454 e. The van der Waals surface area contributed by atoms with Crippen molar-refractivity contribution in [1.29, 1.82) is 0 Å². The molecular weight excluding hydrogens is 448 g/mol. The van der Waals surface area contributed by atoms with Crippen LogP contribution < -0.4 is 30.5 Å². The quantitative estimate of drug-likeness (QED) is 0.686. The molecule has 2 atom stereocenters. The van der Waals surface area contributed by atoms with Crippen molar-refractivity contribution in [1.82, 2.24) is 16.0 Å². The summed E-state index contributed by atoms with van der Waals surface area (Å²) in [6, 6.07) is 11.9. The van der Waals surface area contributed by atoms with Crippen molar-refractivity contribution in [2.24, 2.45) is 11.0 Å². The Morgan fingerprint density at radius 3 is 2.86 bits per heavy atom. The van der Waals surface area contributed by atoms with E-state index in [4.69, 9.17) is 9.47 Å². The number of hydrogen-bond donors (Lipinski definition) is 2. The Kier molecular flexibility index (Phi) is 4.32. The van der Waals surface area contributed by atoms with Crippen molar-refractivity contribution >= 4 is 29.0 Å². The number of hydrazone groups is 1. The SMILES string of the molecule is CC(=O)N1CCCC(CN2C(=O)C3(CC4=NNNN4c4cc5c(cc43)OCO5)c3ccccc32)C1. The van der Waals surface area contributed by atoms with Crippen LogP contribution in [0.2, 0.25) is 0 Å². The lowest BCUT2D eigenvalue weighted by molar-refractivity contribution is -0.130. The Hall–Kier alpha value is -3.79. The topological polar surface area (TPSA) is 98.7 Å². The number of anilines is 2. The van der Waals surface area contributed by atoms with Gasteiger partial charge in [0.2, 0.25) is 18.6 Å². The van der Waals surface area contributed by atoms with Crippen LogP contribution in [0.15, 0.2) is 41.5 Å². The molecule has 180 valence electrons. The Morgan fingerprint density at radius 2 is 2.00 bits per heavy atom. The molecule has 5 heterocycles. The molecule has 5 aliphatic rings. The fourth-order valence-corrected chi connectivity index (χ4v) is 6.26. The van der Waals surface area contributed by atoms with Gasteiger partial charge in [0, 0.05) is 50.3 Å². The first-order valence-electron chi connectivity index (χ1n) is 12.0. The molecule has 1 fully saturated rings. The number of ether oxygens (including phenoxy) is 2. The van der Waals surface area contributed by atoms with E-state index in [0.29, 0.717) is 31.0 Å². The maximum absolute atomic E-state index is 14.5. The summed E-state index contributed by atoms with van der Waals surface area (Å²) < 4.78 is 11.4. The number of hydrogen-bond acceptors (Lipinski definition) is 8. The molecule has 2 amide bonds. The molecule has 35 heavy (non-hydrogen) atoms. The molecule has 7 rings (SSSR count). The second-order valence-corrected chi connectivity index (χ2v) is 9.80. The van der Waals surface area contributed by atoms with Gasteiger partial charge in [-0.2, -0.15) is 0 Å². The number of rotatable bonds is 2. The summed E-state index contributed by atoms with van der Waals surface area (Å²) in [7, 11) is 0. The number of amides is 2. The Balaban J connectivity index is 1.35. The average molecular weight is 475 g/mol. The van der Waals surface area contributed by atoms with Gasteiger partial charge in [0.1, 0.15) is 11.3 Å². The van der Waals surface area contributed by atoms with E-state index in [-0.39, 0.29) is 24.5 Å². The smallest absolute Gasteiger partial charge is 0.242 e. The molecule has 0 radical (unpaired) electrons. The van der Waals surface area contributed by atoms with Crippen molar-refractivity contribution in [3.8, 4) is 11.5 Å². The molecule has 0 saturated carbocycles. The van der Waals surface area contributed by atoms with Crippen molar-refractivity contribution in [3.63, 3.8) is 0 Å². The third kappa shape index (κ3) is 2.83. The molecule has 0 aromatic heterocycles. The van der Waals surface area contributed by atoms with Crippen LogP contribution in [0.5, 0.6) is 11.5 Å². The van der Waals surface area contributed by atoms with Crippen LogP contribution in [0.4, 0.5) is 11.4 Å².